The van der Waals surface area contributed by atoms with Gasteiger partial charge in [-0.3, -0.25) is 9.59 Å². The zero-order chi connectivity index (χ0) is 16.5. The van der Waals surface area contributed by atoms with Crippen LogP contribution in [0.1, 0.15) is 90.9 Å². The molecule has 0 aromatic carbocycles. The van der Waals surface area contributed by atoms with Gasteiger partial charge in [-0.1, -0.05) is 71.1 Å². The lowest BCUT2D eigenvalue weighted by molar-refractivity contribution is -0.147. The van der Waals surface area contributed by atoms with Crippen LogP contribution in [0.15, 0.2) is 0 Å². The predicted molar refractivity (Wildman–Crippen MR) is 90.7 cm³/mol. The number of hydrogen-bond donors (Lipinski definition) is 1. The van der Waals surface area contributed by atoms with Crippen LogP contribution in [0, 0.1) is 0 Å². The van der Waals surface area contributed by atoms with E-state index >= 15 is 0 Å². The van der Waals surface area contributed by atoms with E-state index in [0.717, 1.165) is 12.8 Å². The lowest BCUT2D eigenvalue weighted by Gasteiger charge is -2.12. The van der Waals surface area contributed by atoms with Gasteiger partial charge in [-0.05, 0) is 19.8 Å². The van der Waals surface area contributed by atoms with Crippen LogP contribution in [0.3, 0.4) is 0 Å². The topological polar surface area (TPSA) is 55.4 Å². The number of amides is 1. The highest BCUT2D eigenvalue weighted by Crippen LogP contribution is 2.13. The maximum atomic E-state index is 11.3. The second-order valence-corrected chi connectivity index (χ2v) is 6.12. The number of ether oxygens (including phenoxy) is 1. The summed E-state index contributed by atoms with van der Waals surface area (Å²) in [6.07, 6.45) is 15.9. The molecule has 0 aliphatic rings. The van der Waals surface area contributed by atoms with Gasteiger partial charge in [0, 0.05) is 0 Å². The van der Waals surface area contributed by atoms with Crippen molar-refractivity contribution in [2.24, 2.45) is 0 Å². The van der Waals surface area contributed by atoms with Gasteiger partial charge >= 0.3 is 5.97 Å². The fourth-order valence-corrected chi connectivity index (χ4v) is 2.55. The van der Waals surface area contributed by atoms with Gasteiger partial charge in [0.1, 0.15) is 6.54 Å². The van der Waals surface area contributed by atoms with Crippen molar-refractivity contribution in [2.45, 2.75) is 97.0 Å². The molecule has 4 nitrogen and oxygen atoms in total. The first-order chi connectivity index (χ1) is 10.7. The van der Waals surface area contributed by atoms with E-state index < -0.39 is 0 Å². The Morgan fingerprint density at radius 2 is 1.45 bits per heavy atom. The molecular weight excluding hydrogens is 278 g/mol. The Labute approximate surface area is 136 Å². The van der Waals surface area contributed by atoms with E-state index in [4.69, 9.17) is 4.74 Å². The van der Waals surface area contributed by atoms with Crippen LogP contribution < -0.4 is 5.32 Å². The number of nitrogens with one attached hydrogen (secondary N) is 1. The van der Waals surface area contributed by atoms with Crippen molar-refractivity contribution < 1.29 is 14.3 Å². The van der Waals surface area contributed by atoms with Crippen molar-refractivity contribution in [3.63, 3.8) is 0 Å². The minimum Gasteiger partial charge on any atom is -0.461 e. The Morgan fingerprint density at radius 3 is 1.95 bits per heavy atom. The highest BCUT2D eigenvalue weighted by Gasteiger charge is 2.08. The van der Waals surface area contributed by atoms with Gasteiger partial charge in [-0.15, -0.1) is 0 Å². The van der Waals surface area contributed by atoms with Crippen LogP contribution in [0.5, 0.6) is 0 Å². The summed E-state index contributed by atoms with van der Waals surface area (Å²) < 4.78 is 5.18. The predicted octanol–water partition coefficient (Wildman–Crippen LogP) is 4.37. The fraction of sp³-hybridized carbons (Fsp3) is 0.889. The maximum absolute atomic E-state index is 11.3. The minimum absolute atomic E-state index is 0.0356. The van der Waals surface area contributed by atoms with Crippen LogP contribution >= 0.6 is 0 Å². The molecule has 1 N–H and O–H groups in total. The molecule has 0 rings (SSSR count). The summed E-state index contributed by atoms with van der Waals surface area (Å²) in [5.74, 6) is -0.359. The van der Waals surface area contributed by atoms with E-state index in [0.29, 0.717) is 6.41 Å². The molecule has 0 bridgehead atoms. The Kier molecular flexibility index (Phi) is 15.5. The summed E-state index contributed by atoms with van der Waals surface area (Å²) in [4.78, 5) is 21.3. The molecular formula is C18H35NO3. The Morgan fingerprint density at radius 1 is 0.955 bits per heavy atom. The van der Waals surface area contributed by atoms with Crippen molar-refractivity contribution in [2.75, 3.05) is 6.54 Å². The van der Waals surface area contributed by atoms with Gasteiger partial charge in [0.15, 0.2) is 0 Å². The molecule has 0 aromatic heterocycles. The molecule has 0 fully saturated rings. The third-order valence-electron chi connectivity index (χ3n) is 3.88. The first-order valence-corrected chi connectivity index (χ1v) is 9.07. The zero-order valence-electron chi connectivity index (χ0n) is 14.6. The molecule has 0 radical (unpaired) electrons. The SMILES string of the molecule is CCCCCCCCCCCCC[C@@H](C)OC(=O)CNC=O. The quantitative estimate of drug-likeness (QED) is 0.261. The van der Waals surface area contributed by atoms with E-state index in [2.05, 4.69) is 12.2 Å². The third-order valence-corrected chi connectivity index (χ3v) is 3.88. The van der Waals surface area contributed by atoms with E-state index in [1.807, 2.05) is 6.92 Å². The van der Waals surface area contributed by atoms with Gasteiger partial charge in [-0.2, -0.15) is 0 Å². The fourth-order valence-electron chi connectivity index (χ4n) is 2.55. The number of unbranched alkanes of at least 4 members (excludes halogenated alkanes) is 10. The van der Waals surface area contributed by atoms with Crippen molar-refractivity contribution in [3.8, 4) is 0 Å². The Balaban J connectivity index is 3.24. The number of hydrogen-bond acceptors (Lipinski definition) is 3. The number of esters is 1. The minimum atomic E-state index is -0.359. The first-order valence-electron chi connectivity index (χ1n) is 9.07. The molecule has 0 unspecified atom stereocenters. The number of carbonyl (C=O) groups is 2. The van der Waals surface area contributed by atoms with Crippen LogP contribution in [0.4, 0.5) is 0 Å². The molecule has 130 valence electrons. The van der Waals surface area contributed by atoms with Crippen molar-refractivity contribution in [1.29, 1.82) is 0 Å². The molecule has 0 saturated carbocycles. The van der Waals surface area contributed by atoms with Crippen molar-refractivity contribution >= 4 is 12.4 Å². The molecule has 1 atom stereocenters. The normalized spacial score (nSPS) is 11.9. The Bertz CT molecular complexity index is 269. The summed E-state index contributed by atoms with van der Waals surface area (Å²) in [5, 5.41) is 2.31. The summed E-state index contributed by atoms with van der Waals surface area (Å²) in [7, 11) is 0. The van der Waals surface area contributed by atoms with Crippen LogP contribution in [-0.2, 0) is 14.3 Å². The molecule has 0 aromatic rings. The number of carbonyl (C=O) groups excluding carboxylic acids is 2. The van der Waals surface area contributed by atoms with Gasteiger partial charge < -0.3 is 10.1 Å². The Hall–Kier alpha value is -1.06. The summed E-state index contributed by atoms with van der Waals surface area (Å²) in [6.45, 7) is 4.13. The monoisotopic (exact) mass is 313 g/mol. The highest BCUT2D eigenvalue weighted by molar-refractivity contribution is 5.74. The van der Waals surface area contributed by atoms with E-state index in [1.54, 1.807) is 0 Å². The van der Waals surface area contributed by atoms with Crippen LogP contribution in [0.2, 0.25) is 0 Å². The van der Waals surface area contributed by atoms with Gasteiger partial charge in [0.2, 0.25) is 6.41 Å². The third kappa shape index (κ3) is 15.3. The van der Waals surface area contributed by atoms with E-state index in [-0.39, 0.29) is 18.6 Å². The molecule has 0 heterocycles. The van der Waals surface area contributed by atoms with Crippen molar-refractivity contribution in [3.05, 3.63) is 0 Å². The molecule has 0 aliphatic heterocycles. The molecule has 0 aliphatic carbocycles. The summed E-state index contributed by atoms with van der Waals surface area (Å²) in [6, 6.07) is 0. The molecule has 22 heavy (non-hydrogen) atoms. The smallest absolute Gasteiger partial charge is 0.325 e. The van der Waals surface area contributed by atoms with Crippen LogP contribution in [-0.4, -0.2) is 25.0 Å². The number of rotatable bonds is 16. The average molecular weight is 313 g/mol. The average Bonchev–Trinajstić information content (AvgIpc) is 2.50. The maximum Gasteiger partial charge on any atom is 0.325 e. The standard InChI is InChI=1S/C18H35NO3/c1-3-4-5-6-7-8-9-10-11-12-13-14-17(2)22-18(21)15-19-16-20/h16-17H,3-15H2,1-2H3,(H,19,20)/t17-/m1/s1. The molecule has 1 amide bonds. The van der Waals surface area contributed by atoms with E-state index in [1.165, 1.54) is 64.2 Å². The molecule has 0 saturated heterocycles. The van der Waals surface area contributed by atoms with E-state index in [9.17, 15) is 9.59 Å². The van der Waals surface area contributed by atoms with Crippen molar-refractivity contribution in [1.82, 2.24) is 5.32 Å². The zero-order valence-corrected chi connectivity index (χ0v) is 14.6. The summed E-state index contributed by atoms with van der Waals surface area (Å²) in [5.41, 5.74) is 0. The second-order valence-electron chi connectivity index (χ2n) is 6.12. The lowest BCUT2D eigenvalue weighted by Crippen LogP contribution is -2.26. The van der Waals surface area contributed by atoms with Crippen LogP contribution in [0.25, 0.3) is 0 Å². The molecule has 0 spiro atoms. The van der Waals surface area contributed by atoms with Gasteiger partial charge in [-0.25, -0.2) is 0 Å². The second kappa shape index (κ2) is 16.3. The molecule has 4 heteroatoms. The largest absolute Gasteiger partial charge is 0.461 e. The lowest BCUT2D eigenvalue weighted by atomic mass is 10.0. The van der Waals surface area contributed by atoms with Gasteiger partial charge in [0.25, 0.3) is 0 Å². The summed E-state index contributed by atoms with van der Waals surface area (Å²) >= 11 is 0. The highest BCUT2D eigenvalue weighted by atomic mass is 16.5. The van der Waals surface area contributed by atoms with Gasteiger partial charge in [0.05, 0.1) is 6.10 Å². The first kappa shape index (κ1) is 20.9.